The van der Waals surface area contributed by atoms with Gasteiger partial charge in [-0.15, -0.1) is 0 Å². The van der Waals surface area contributed by atoms with Crippen LogP contribution in [0.25, 0.3) is 11.0 Å². The summed E-state index contributed by atoms with van der Waals surface area (Å²) < 4.78 is 3.38. The number of nitrogens with zero attached hydrogens (tertiary/aromatic N) is 4. The SMILES string of the molecule is CN1CCC(C2CCC(n3cc(Br)c4cnc(Cl)nc43)C2)CC1. The quantitative estimate of drug-likeness (QED) is 0.698. The van der Waals surface area contributed by atoms with Crippen molar-refractivity contribution < 1.29 is 0 Å². The smallest absolute Gasteiger partial charge is 0.224 e. The number of hydrogen-bond donors (Lipinski definition) is 0. The summed E-state index contributed by atoms with van der Waals surface area (Å²) in [7, 11) is 2.24. The molecule has 6 heteroatoms. The van der Waals surface area contributed by atoms with Gasteiger partial charge in [0.2, 0.25) is 5.28 Å². The number of likely N-dealkylation sites (tertiary alicyclic amines) is 1. The van der Waals surface area contributed by atoms with Gasteiger partial charge in [-0.25, -0.2) is 4.98 Å². The molecular formula is C17H22BrClN4. The zero-order chi connectivity index (χ0) is 16.0. The molecule has 0 amide bonds. The molecule has 1 aliphatic heterocycles. The molecule has 2 aliphatic rings. The summed E-state index contributed by atoms with van der Waals surface area (Å²) in [5.41, 5.74) is 0.964. The molecule has 124 valence electrons. The molecule has 0 N–H and O–H groups in total. The topological polar surface area (TPSA) is 34.0 Å². The van der Waals surface area contributed by atoms with Gasteiger partial charge in [0.1, 0.15) is 5.65 Å². The Morgan fingerprint density at radius 2 is 1.96 bits per heavy atom. The Balaban J connectivity index is 1.55. The van der Waals surface area contributed by atoms with Gasteiger partial charge < -0.3 is 9.47 Å². The van der Waals surface area contributed by atoms with Crippen molar-refractivity contribution in [2.24, 2.45) is 11.8 Å². The maximum absolute atomic E-state index is 6.02. The van der Waals surface area contributed by atoms with E-state index in [1.165, 1.54) is 45.2 Å². The van der Waals surface area contributed by atoms with Gasteiger partial charge in [-0.1, -0.05) is 0 Å². The summed E-state index contributed by atoms with van der Waals surface area (Å²) >= 11 is 9.65. The molecule has 4 rings (SSSR count). The van der Waals surface area contributed by atoms with E-state index in [0.717, 1.165) is 27.3 Å². The van der Waals surface area contributed by atoms with Crippen LogP contribution in [-0.2, 0) is 0 Å². The van der Waals surface area contributed by atoms with Crippen molar-refractivity contribution in [3.63, 3.8) is 0 Å². The lowest BCUT2D eigenvalue weighted by Gasteiger charge is -2.32. The van der Waals surface area contributed by atoms with Crippen LogP contribution in [0.4, 0.5) is 0 Å². The molecule has 23 heavy (non-hydrogen) atoms. The van der Waals surface area contributed by atoms with E-state index >= 15 is 0 Å². The highest BCUT2D eigenvalue weighted by molar-refractivity contribution is 9.10. The molecule has 1 aliphatic carbocycles. The van der Waals surface area contributed by atoms with Crippen molar-refractivity contribution in [1.29, 1.82) is 0 Å². The van der Waals surface area contributed by atoms with Crippen molar-refractivity contribution >= 4 is 38.6 Å². The predicted octanol–water partition coefficient (Wildman–Crippen LogP) is 4.53. The molecule has 2 unspecified atom stereocenters. The summed E-state index contributed by atoms with van der Waals surface area (Å²) in [5.74, 6) is 1.77. The normalized spacial score (nSPS) is 27.1. The molecule has 4 nitrogen and oxygen atoms in total. The average molecular weight is 398 g/mol. The Morgan fingerprint density at radius 3 is 2.74 bits per heavy atom. The van der Waals surface area contributed by atoms with Crippen molar-refractivity contribution in [3.8, 4) is 0 Å². The van der Waals surface area contributed by atoms with Crippen LogP contribution in [0, 0.1) is 11.8 Å². The van der Waals surface area contributed by atoms with Crippen molar-refractivity contribution in [2.45, 2.75) is 38.1 Å². The van der Waals surface area contributed by atoms with Crippen molar-refractivity contribution in [1.82, 2.24) is 19.4 Å². The van der Waals surface area contributed by atoms with E-state index < -0.39 is 0 Å². The molecule has 2 aromatic heterocycles. The standard InChI is InChI=1S/C17H22BrClN4/c1-22-6-4-11(5-7-22)12-2-3-13(8-12)23-10-15(18)14-9-20-17(19)21-16(14)23/h9-13H,2-8H2,1H3. The Labute approximate surface area is 150 Å². The Kier molecular flexibility index (Phi) is 4.37. The summed E-state index contributed by atoms with van der Waals surface area (Å²) in [4.78, 5) is 11.0. The van der Waals surface area contributed by atoms with E-state index in [9.17, 15) is 0 Å². The fourth-order valence-corrected chi connectivity index (χ4v) is 5.05. The van der Waals surface area contributed by atoms with Gasteiger partial charge in [0.25, 0.3) is 0 Å². The summed E-state index contributed by atoms with van der Waals surface area (Å²) in [6.07, 6.45) is 10.6. The minimum absolute atomic E-state index is 0.328. The molecule has 3 heterocycles. The molecule has 2 atom stereocenters. The zero-order valence-electron chi connectivity index (χ0n) is 13.4. The fraction of sp³-hybridized carbons (Fsp3) is 0.647. The van der Waals surface area contributed by atoms with Gasteiger partial charge in [0, 0.05) is 22.9 Å². The molecular weight excluding hydrogens is 376 g/mol. The number of hydrogen-bond acceptors (Lipinski definition) is 3. The summed E-state index contributed by atoms with van der Waals surface area (Å²) in [6.45, 7) is 2.51. The Bertz CT molecular complexity index is 708. The first-order chi connectivity index (χ1) is 11.1. The Morgan fingerprint density at radius 1 is 1.17 bits per heavy atom. The monoisotopic (exact) mass is 396 g/mol. The second-order valence-corrected chi connectivity index (χ2v) is 8.32. The van der Waals surface area contributed by atoms with E-state index in [1.807, 2.05) is 6.20 Å². The van der Waals surface area contributed by atoms with Crippen LogP contribution in [0.3, 0.4) is 0 Å². The first-order valence-electron chi connectivity index (χ1n) is 8.49. The van der Waals surface area contributed by atoms with Gasteiger partial charge in [-0.3, -0.25) is 0 Å². The minimum atomic E-state index is 0.328. The molecule has 0 radical (unpaired) electrons. The second-order valence-electron chi connectivity index (χ2n) is 7.13. The van der Waals surface area contributed by atoms with Crippen LogP contribution in [0.5, 0.6) is 0 Å². The van der Waals surface area contributed by atoms with E-state index in [2.05, 4.69) is 48.6 Å². The largest absolute Gasteiger partial charge is 0.328 e. The average Bonchev–Trinajstić information content (AvgIpc) is 3.13. The van der Waals surface area contributed by atoms with Gasteiger partial charge >= 0.3 is 0 Å². The van der Waals surface area contributed by atoms with Crippen LogP contribution >= 0.6 is 27.5 Å². The fourth-order valence-electron chi connectivity index (χ4n) is 4.42. The van der Waals surface area contributed by atoms with Crippen molar-refractivity contribution in [2.75, 3.05) is 20.1 Å². The zero-order valence-corrected chi connectivity index (χ0v) is 15.7. The van der Waals surface area contributed by atoms with E-state index in [0.29, 0.717) is 11.3 Å². The van der Waals surface area contributed by atoms with Crippen LogP contribution < -0.4 is 0 Å². The number of rotatable bonds is 2. The third-order valence-electron chi connectivity index (χ3n) is 5.76. The van der Waals surface area contributed by atoms with Gasteiger partial charge in [0.05, 0.1) is 5.39 Å². The van der Waals surface area contributed by atoms with E-state index in [4.69, 9.17) is 11.6 Å². The highest BCUT2D eigenvalue weighted by Gasteiger charge is 2.33. The van der Waals surface area contributed by atoms with Gasteiger partial charge in [-0.2, -0.15) is 4.98 Å². The Hall–Kier alpha value is -0.650. The van der Waals surface area contributed by atoms with Crippen LogP contribution in [0.1, 0.15) is 38.1 Å². The molecule has 0 spiro atoms. The van der Waals surface area contributed by atoms with Crippen LogP contribution in [-0.4, -0.2) is 39.6 Å². The van der Waals surface area contributed by atoms with Crippen molar-refractivity contribution in [3.05, 3.63) is 22.1 Å². The maximum Gasteiger partial charge on any atom is 0.224 e. The minimum Gasteiger partial charge on any atom is -0.328 e. The molecule has 0 aromatic carbocycles. The molecule has 2 fully saturated rings. The molecule has 1 saturated heterocycles. The molecule has 0 bridgehead atoms. The first kappa shape index (κ1) is 15.9. The molecule has 1 saturated carbocycles. The number of aromatic nitrogens is 3. The summed E-state index contributed by atoms with van der Waals surface area (Å²) in [5, 5.41) is 1.38. The predicted molar refractivity (Wildman–Crippen MR) is 96.8 cm³/mol. The van der Waals surface area contributed by atoms with E-state index in [1.54, 1.807) is 0 Å². The van der Waals surface area contributed by atoms with Gasteiger partial charge in [-0.05, 0) is 91.6 Å². The highest BCUT2D eigenvalue weighted by Crippen LogP contribution is 2.43. The number of halogens is 2. The highest BCUT2D eigenvalue weighted by atomic mass is 79.9. The van der Waals surface area contributed by atoms with Gasteiger partial charge in [0.15, 0.2) is 0 Å². The lowest BCUT2D eigenvalue weighted by Crippen LogP contribution is -2.32. The van der Waals surface area contributed by atoms with Crippen LogP contribution in [0.15, 0.2) is 16.9 Å². The summed E-state index contributed by atoms with van der Waals surface area (Å²) in [6, 6.07) is 0.541. The third kappa shape index (κ3) is 3.03. The lowest BCUT2D eigenvalue weighted by atomic mass is 9.83. The number of piperidine rings is 1. The third-order valence-corrected chi connectivity index (χ3v) is 6.58. The maximum atomic E-state index is 6.02. The van der Waals surface area contributed by atoms with E-state index in [-0.39, 0.29) is 0 Å². The molecule has 2 aromatic rings. The van der Waals surface area contributed by atoms with Crippen LogP contribution in [0.2, 0.25) is 5.28 Å². The second kappa shape index (κ2) is 6.34. The first-order valence-corrected chi connectivity index (χ1v) is 9.66. The number of fused-ring (bicyclic) bond motifs is 1. The lowest BCUT2D eigenvalue weighted by molar-refractivity contribution is 0.170.